The number of carbonyl (C=O) groups is 2. The van der Waals surface area contributed by atoms with E-state index in [1.54, 1.807) is 30.3 Å². The number of hydrogen-bond acceptors (Lipinski definition) is 5. The van der Waals surface area contributed by atoms with Crippen molar-refractivity contribution in [3.8, 4) is 17.2 Å². The fourth-order valence-electron chi connectivity index (χ4n) is 3.39. The summed E-state index contributed by atoms with van der Waals surface area (Å²) < 4.78 is 17.3. The first kappa shape index (κ1) is 18.2. The molecule has 2 aliphatic rings. The minimum Gasteiger partial charge on any atom is -0.484 e. The molecule has 4 rings (SSSR count). The molecular weight excluding hydrogens is 360 g/mol. The van der Waals surface area contributed by atoms with Crippen LogP contribution in [0.4, 0.5) is 5.69 Å². The molecule has 0 atom stereocenters. The lowest BCUT2D eigenvalue weighted by atomic mass is 10.2. The number of nitrogens with one attached hydrogen (secondary N) is 2. The summed E-state index contributed by atoms with van der Waals surface area (Å²) in [6, 6.07) is 14.3. The first-order valence-electron chi connectivity index (χ1n) is 9.38. The zero-order chi connectivity index (χ0) is 19.4. The van der Waals surface area contributed by atoms with Crippen molar-refractivity contribution in [3.63, 3.8) is 0 Å². The predicted octanol–water partition coefficient (Wildman–Crippen LogP) is 2.86. The van der Waals surface area contributed by atoms with Crippen LogP contribution in [0.2, 0.25) is 0 Å². The third-order valence-corrected chi connectivity index (χ3v) is 4.74. The van der Waals surface area contributed by atoms with Gasteiger partial charge >= 0.3 is 0 Å². The number of hydrogen-bond donors (Lipinski definition) is 2. The molecule has 1 aliphatic heterocycles. The summed E-state index contributed by atoms with van der Waals surface area (Å²) in [6.07, 6.45) is 3.93. The van der Waals surface area contributed by atoms with E-state index < -0.39 is 5.79 Å². The third kappa shape index (κ3) is 4.19. The number of carbonyl (C=O) groups excluding carboxylic acids is 2. The van der Waals surface area contributed by atoms with E-state index in [0.29, 0.717) is 22.9 Å². The van der Waals surface area contributed by atoms with Gasteiger partial charge in [0.1, 0.15) is 5.75 Å². The molecule has 2 aromatic carbocycles. The summed E-state index contributed by atoms with van der Waals surface area (Å²) in [6.45, 7) is -0.293. The van der Waals surface area contributed by atoms with Crippen molar-refractivity contribution in [1.82, 2.24) is 5.32 Å². The van der Waals surface area contributed by atoms with Crippen LogP contribution in [-0.4, -0.2) is 30.8 Å². The summed E-state index contributed by atoms with van der Waals surface area (Å²) in [5.74, 6) is 0.710. The van der Waals surface area contributed by atoms with Gasteiger partial charge in [-0.05, 0) is 37.1 Å². The maximum atomic E-state index is 12.1. The Morgan fingerprint density at radius 2 is 1.71 bits per heavy atom. The van der Waals surface area contributed by atoms with Crippen molar-refractivity contribution in [2.45, 2.75) is 31.5 Å². The van der Waals surface area contributed by atoms with Crippen LogP contribution in [0.25, 0.3) is 0 Å². The predicted molar refractivity (Wildman–Crippen MR) is 102 cm³/mol. The number of fused-ring (bicyclic) bond motifs is 1. The minimum atomic E-state index is -0.530. The van der Waals surface area contributed by atoms with E-state index in [1.165, 1.54) is 0 Å². The molecule has 2 aromatic rings. The van der Waals surface area contributed by atoms with Crippen LogP contribution in [0.15, 0.2) is 48.5 Å². The highest BCUT2D eigenvalue weighted by Gasteiger charge is 2.44. The van der Waals surface area contributed by atoms with Crippen LogP contribution >= 0.6 is 0 Å². The van der Waals surface area contributed by atoms with E-state index in [2.05, 4.69) is 10.6 Å². The molecule has 146 valence electrons. The van der Waals surface area contributed by atoms with Crippen molar-refractivity contribution >= 4 is 17.5 Å². The molecule has 1 aliphatic carbocycles. The largest absolute Gasteiger partial charge is 0.484 e. The number of benzene rings is 2. The monoisotopic (exact) mass is 382 g/mol. The smallest absolute Gasteiger partial charge is 0.258 e. The fraction of sp³-hybridized carbons (Fsp3) is 0.333. The van der Waals surface area contributed by atoms with Crippen molar-refractivity contribution in [2.75, 3.05) is 18.5 Å². The number of amides is 2. The van der Waals surface area contributed by atoms with E-state index in [-0.39, 0.29) is 25.0 Å². The van der Waals surface area contributed by atoms with Gasteiger partial charge < -0.3 is 24.8 Å². The van der Waals surface area contributed by atoms with Crippen molar-refractivity contribution in [1.29, 1.82) is 0 Å². The molecule has 0 unspecified atom stereocenters. The normalized spacial score (nSPS) is 16.0. The molecular formula is C21H22N2O5. The first-order valence-corrected chi connectivity index (χ1v) is 9.38. The Kier molecular flexibility index (Phi) is 5.06. The van der Waals surface area contributed by atoms with Crippen molar-refractivity contribution in [2.24, 2.45) is 0 Å². The standard InChI is InChI=1S/C21H22N2O5/c24-19(13-22-20(25)14-26-16-6-2-1-3-7-16)23-15-8-9-17-18(12-15)28-21(27-17)10-4-5-11-21/h1-3,6-9,12H,4-5,10-11,13-14H2,(H,22,25)(H,23,24). The van der Waals surface area contributed by atoms with Crippen molar-refractivity contribution < 1.29 is 23.8 Å². The average molecular weight is 382 g/mol. The first-order chi connectivity index (χ1) is 13.6. The highest BCUT2D eigenvalue weighted by Crippen LogP contribution is 2.47. The van der Waals surface area contributed by atoms with Crippen molar-refractivity contribution in [3.05, 3.63) is 48.5 Å². The van der Waals surface area contributed by atoms with Gasteiger partial charge in [0.05, 0.1) is 6.54 Å². The maximum absolute atomic E-state index is 12.1. The average Bonchev–Trinajstić information content (AvgIpc) is 3.31. The lowest BCUT2D eigenvalue weighted by Crippen LogP contribution is -2.35. The molecule has 1 fully saturated rings. The van der Waals surface area contributed by atoms with Crippen LogP contribution < -0.4 is 24.8 Å². The summed E-state index contributed by atoms with van der Waals surface area (Å²) in [7, 11) is 0. The van der Waals surface area contributed by atoms with Gasteiger partial charge in [0.25, 0.3) is 11.7 Å². The van der Waals surface area contributed by atoms with Crippen LogP contribution in [0.3, 0.4) is 0 Å². The molecule has 28 heavy (non-hydrogen) atoms. The molecule has 7 heteroatoms. The van der Waals surface area contributed by atoms with E-state index in [9.17, 15) is 9.59 Å². The fourth-order valence-corrected chi connectivity index (χ4v) is 3.39. The van der Waals surface area contributed by atoms with Crippen LogP contribution in [-0.2, 0) is 9.59 Å². The Balaban J connectivity index is 1.24. The minimum absolute atomic E-state index is 0.143. The Bertz CT molecular complexity index is 862. The van der Waals surface area contributed by atoms with Crippen LogP contribution in [0.5, 0.6) is 17.2 Å². The van der Waals surface area contributed by atoms with Crippen LogP contribution in [0.1, 0.15) is 25.7 Å². The third-order valence-electron chi connectivity index (χ3n) is 4.74. The van der Waals surface area contributed by atoms with Gasteiger partial charge in [-0.3, -0.25) is 9.59 Å². The van der Waals surface area contributed by atoms with E-state index in [4.69, 9.17) is 14.2 Å². The summed E-state index contributed by atoms with van der Waals surface area (Å²) in [5.41, 5.74) is 0.595. The lowest BCUT2D eigenvalue weighted by molar-refractivity contribution is -0.125. The molecule has 7 nitrogen and oxygen atoms in total. The van der Waals surface area contributed by atoms with Gasteiger partial charge in [-0.1, -0.05) is 18.2 Å². The van der Waals surface area contributed by atoms with E-state index in [0.717, 1.165) is 25.7 Å². The molecule has 1 saturated carbocycles. The van der Waals surface area contributed by atoms with Gasteiger partial charge in [-0.15, -0.1) is 0 Å². The Morgan fingerprint density at radius 3 is 2.50 bits per heavy atom. The molecule has 0 radical (unpaired) electrons. The number of anilines is 1. The van der Waals surface area contributed by atoms with Gasteiger partial charge in [0, 0.05) is 24.6 Å². The van der Waals surface area contributed by atoms with Gasteiger partial charge in [-0.2, -0.15) is 0 Å². The molecule has 0 aromatic heterocycles. The highest BCUT2D eigenvalue weighted by molar-refractivity contribution is 5.95. The number of para-hydroxylation sites is 1. The number of ether oxygens (including phenoxy) is 3. The molecule has 0 bridgehead atoms. The SMILES string of the molecule is O=C(COc1ccccc1)NCC(=O)Nc1ccc2c(c1)OC1(CCCC1)O2. The molecule has 1 spiro atoms. The second-order valence-electron chi connectivity index (χ2n) is 6.91. The molecule has 0 saturated heterocycles. The van der Waals surface area contributed by atoms with E-state index >= 15 is 0 Å². The van der Waals surface area contributed by atoms with E-state index in [1.807, 2.05) is 18.2 Å². The van der Waals surface area contributed by atoms with Gasteiger partial charge in [0.15, 0.2) is 18.1 Å². The Labute approximate surface area is 163 Å². The van der Waals surface area contributed by atoms with Gasteiger partial charge in [-0.25, -0.2) is 0 Å². The summed E-state index contributed by atoms with van der Waals surface area (Å²) in [5, 5.41) is 5.28. The zero-order valence-corrected chi connectivity index (χ0v) is 15.4. The zero-order valence-electron chi connectivity index (χ0n) is 15.4. The molecule has 1 heterocycles. The molecule has 2 N–H and O–H groups in total. The molecule has 2 amide bonds. The maximum Gasteiger partial charge on any atom is 0.258 e. The Hall–Kier alpha value is -3.22. The second kappa shape index (κ2) is 7.80. The Morgan fingerprint density at radius 1 is 0.964 bits per heavy atom. The summed E-state index contributed by atoms with van der Waals surface area (Å²) in [4.78, 5) is 23.9. The number of rotatable bonds is 6. The topological polar surface area (TPSA) is 85.9 Å². The van der Waals surface area contributed by atoms with Crippen LogP contribution in [0, 0.1) is 0 Å². The van der Waals surface area contributed by atoms with Gasteiger partial charge in [0.2, 0.25) is 5.91 Å². The lowest BCUT2D eigenvalue weighted by Gasteiger charge is -2.21. The summed E-state index contributed by atoms with van der Waals surface area (Å²) >= 11 is 0. The second-order valence-corrected chi connectivity index (χ2v) is 6.91. The highest BCUT2D eigenvalue weighted by atomic mass is 16.7. The quantitative estimate of drug-likeness (QED) is 0.802.